The molecule has 1 fully saturated rings. The first kappa shape index (κ1) is 16.5. The fraction of sp³-hybridized carbons (Fsp3) is 0.667. The lowest BCUT2D eigenvalue weighted by atomic mass is 9.93. The number of aliphatic carboxylic acids is 1. The highest BCUT2D eigenvalue weighted by atomic mass is 32.1. The van der Waals surface area contributed by atoms with Crippen LogP contribution in [-0.2, 0) is 17.6 Å². The van der Waals surface area contributed by atoms with Crippen molar-refractivity contribution in [1.29, 1.82) is 0 Å². The summed E-state index contributed by atoms with van der Waals surface area (Å²) >= 11 is 1.68. The van der Waals surface area contributed by atoms with Crippen molar-refractivity contribution in [1.82, 2.24) is 4.90 Å². The minimum Gasteiger partial charge on any atom is -0.481 e. The molecular formula is C18H25NO3S. The van der Waals surface area contributed by atoms with Gasteiger partial charge in [-0.05, 0) is 62.5 Å². The van der Waals surface area contributed by atoms with E-state index in [1.807, 2.05) is 4.90 Å². The van der Waals surface area contributed by atoms with Gasteiger partial charge in [-0.25, -0.2) is 0 Å². The minimum absolute atomic E-state index is 0.156. The molecule has 3 rings (SSSR count). The molecule has 4 nitrogen and oxygen atoms in total. The molecule has 1 amide bonds. The number of rotatable bonds is 4. The van der Waals surface area contributed by atoms with E-state index in [1.165, 1.54) is 29.7 Å². The van der Waals surface area contributed by atoms with E-state index >= 15 is 0 Å². The smallest absolute Gasteiger partial charge is 0.303 e. The van der Waals surface area contributed by atoms with Crippen molar-refractivity contribution in [3.63, 3.8) is 0 Å². The Morgan fingerprint density at radius 2 is 2.04 bits per heavy atom. The van der Waals surface area contributed by atoms with Crippen molar-refractivity contribution in [2.45, 2.75) is 57.8 Å². The maximum Gasteiger partial charge on any atom is 0.303 e. The van der Waals surface area contributed by atoms with Crippen LogP contribution in [0.3, 0.4) is 0 Å². The predicted molar refractivity (Wildman–Crippen MR) is 91.1 cm³/mol. The molecule has 0 bridgehead atoms. The fourth-order valence-electron chi connectivity index (χ4n) is 3.74. The second-order valence-corrected chi connectivity index (χ2v) is 7.95. The fourth-order valence-corrected chi connectivity index (χ4v) is 4.96. The summed E-state index contributed by atoms with van der Waals surface area (Å²) in [7, 11) is 0. The second kappa shape index (κ2) is 7.47. The molecule has 0 radical (unpaired) electrons. The summed E-state index contributed by atoms with van der Waals surface area (Å²) < 4.78 is 0. The Kier molecular flexibility index (Phi) is 5.36. The lowest BCUT2D eigenvalue weighted by Crippen LogP contribution is -2.39. The maximum atomic E-state index is 12.8. The summed E-state index contributed by atoms with van der Waals surface area (Å²) in [5.74, 6) is -0.250. The molecular weight excluding hydrogens is 310 g/mol. The molecule has 23 heavy (non-hydrogen) atoms. The van der Waals surface area contributed by atoms with Crippen LogP contribution < -0.4 is 0 Å². The Labute approximate surface area is 141 Å². The van der Waals surface area contributed by atoms with Crippen LogP contribution in [0, 0.1) is 5.92 Å². The van der Waals surface area contributed by atoms with Crippen LogP contribution >= 0.6 is 11.3 Å². The number of thiophene rings is 1. The highest BCUT2D eigenvalue weighted by molar-refractivity contribution is 7.14. The molecule has 5 heteroatoms. The van der Waals surface area contributed by atoms with E-state index in [4.69, 9.17) is 5.11 Å². The third-order valence-electron chi connectivity index (χ3n) is 5.03. The molecule has 1 unspecified atom stereocenters. The van der Waals surface area contributed by atoms with E-state index in [0.29, 0.717) is 18.9 Å². The highest BCUT2D eigenvalue weighted by Crippen LogP contribution is 2.31. The maximum absolute atomic E-state index is 12.8. The number of hydrogen-bond donors (Lipinski definition) is 1. The first-order valence-electron chi connectivity index (χ1n) is 8.76. The van der Waals surface area contributed by atoms with E-state index in [0.717, 1.165) is 37.1 Å². The average Bonchev–Trinajstić information content (AvgIpc) is 2.83. The number of hydrogen-bond acceptors (Lipinski definition) is 3. The van der Waals surface area contributed by atoms with Crippen molar-refractivity contribution in [3.05, 3.63) is 21.4 Å². The van der Waals surface area contributed by atoms with E-state index in [9.17, 15) is 9.59 Å². The third kappa shape index (κ3) is 4.14. The van der Waals surface area contributed by atoms with Gasteiger partial charge in [0.1, 0.15) is 0 Å². The number of carbonyl (C=O) groups is 2. The molecule has 1 aromatic rings. The number of nitrogens with zero attached hydrogens (tertiary/aromatic N) is 1. The summed E-state index contributed by atoms with van der Waals surface area (Å²) in [6.07, 6.45) is 8.91. The molecule has 1 atom stereocenters. The van der Waals surface area contributed by atoms with Crippen molar-refractivity contribution in [2.75, 3.05) is 13.1 Å². The number of aryl methyl sites for hydroxylation is 2. The van der Waals surface area contributed by atoms with Gasteiger partial charge in [-0.1, -0.05) is 6.42 Å². The number of amides is 1. The van der Waals surface area contributed by atoms with Crippen molar-refractivity contribution >= 4 is 23.2 Å². The van der Waals surface area contributed by atoms with Crippen LogP contribution in [0.1, 0.15) is 65.1 Å². The van der Waals surface area contributed by atoms with Gasteiger partial charge in [0.05, 0.1) is 4.88 Å². The quantitative estimate of drug-likeness (QED) is 0.853. The van der Waals surface area contributed by atoms with Gasteiger partial charge < -0.3 is 10.0 Å². The number of fused-ring (bicyclic) bond motifs is 1. The van der Waals surface area contributed by atoms with E-state index in [2.05, 4.69) is 6.07 Å². The zero-order valence-corrected chi connectivity index (χ0v) is 14.4. The van der Waals surface area contributed by atoms with Crippen molar-refractivity contribution in [2.24, 2.45) is 5.92 Å². The molecule has 0 saturated carbocycles. The van der Waals surface area contributed by atoms with Crippen LogP contribution in [0.2, 0.25) is 0 Å². The summed E-state index contributed by atoms with van der Waals surface area (Å²) in [6, 6.07) is 2.12. The standard InChI is InChI=1S/C18H25NO3S/c20-17(21)9-8-13-5-4-10-19(12-13)18(22)16-11-14-6-2-1-3-7-15(14)23-16/h11,13H,1-10,12H2,(H,20,21). The Morgan fingerprint density at radius 1 is 1.22 bits per heavy atom. The number of likely N-dealkylation sites (tertiary alicyclic amines) is 1. The average molecular weight is 335 g/mol. The van der Waals surface area contributed by atoms with Crippen molar-refractivity contribution in [3.8, 4) is 0 Å². The first-order valence-corrected chi connectivity index (χ1v) is 9.58. The molecule has 1 saturated heterocycles. The molecule has 1 aromatic heterocycles. The summed E-state index contributed by atoms with van der Waals surface area (Å²) in [6.45, 7) is 1.53. The lowest BCUT2D eigenvalue weighted by Gasteiger charge is -2.32. The van der Waals surface area contributed by atoms with Gasteiger partial charge >= 0.3 is 5.97 Å². The van der Waals surface area contributed by atoms with Crippen LogP contribution in [0.5, 0.6) is 0 Å². The van der Waals surface area contributed by atoms with Gasteiger partial charge in [-0.15, -0.1) is 11.3 Å². The highest BCUT2D eigenvalue weighted by Gasteiger charge is 2.26. The molecule has 1 N–H and O–H groups in total. The van der Waals surface area contributed by atoms with Crippen LogP contribution in [0.4, 0.5) is 0 Å². The number of carboxylic acids is 1. The molecule has 2 heterocycles. The normalized spacial score (nSPS) is 21.6. The van der Waals surface area contributed by atoms with Crippen molar-refractivity contribution < 1.29 is 14.7 Å². The number of carboxylic acid groups (broad SMARTS) is 1. The summed E-state index contributed by atoms with van der Waals surface area (Å²) in [4.78, 5) is 27.8. The molecule has 1 aliphatic heterocycles. The van der Waals surface area contributed by atoms with Gasteiger partial charge in [0.25, 0.3) is 5.91 Å². The minimum atomic E-state index is -0.740. The van der Waals surface area contributed by atoms with Gasteiger partial charge in [0.15, 0.2) is 0 Å². The molecule has 2 aliphatic rings. The van der Waals surface area contributed by atoms with Gasteiger partial charge in [-0.3, -0.25) is 9.59 Å². The summed E-state index contributed by atoms with van der Waals surface area (Å²) in [5, 5.41) is 8.83. The van der Waals surface area contributed by atoms with Crippen LogP contribution in [0.25, 0.3) is 0 Å². The summed E-state index contributed by atoms with van der Waals surface area (Å²) in [5.41, 5.74) is 1.38. The lowest BCUT2D eigenvalue weighted by molar-refractivity contribution is -0.137. The van der Waals surface area contributed by atoms with E-state index in [-0.39, 0.29) is 12.3 Å². The topological polar surface area (TPSA) is 57.6 Å². The molecule has 0 aromatic carbocycles. The van der Waals surface area contributed by atoms with Crippen LogP contribution in [0.15, 0.2) is 6.07 Å². The zero-order valence-electron chi connectivity index (χ0n) is 13.6. The number of piperidine rings is 1. The molecule has 0 spiro atoms. The predicted octanol–water partition coefficient (Wildman–Crippen LogP) is 3.73. The largest absolute Gasteiger partial charge is 0.481 e. The number of carbonyl (C=O) groups excluding carboxylic acids is 1. The SMILES string of the molecule is O=C(O)CCC1CCCN(C(=O)c2cc3c(s2)CCCCC3)C1. The monoisotopic (exact) mass is 335 g/mol. The van der Waals surface area contributed by atoms with E-state index in [1.54, 1.807) is 11.3 Å². The molecule has 126 valence electrons. The Morgan fingerprint density at radius 3 is 2.87 bits per heavy atom. The zero-order chi connectivity index (χ0) is 16.2. The Bertz CT molecular complexity index is 557. The van der Waals surface area contributed by atoms with Gasteiger partial charge in [0.2, 0.25) is 0 Å². The Balaban J connectivity index is 1.64. The third-order valence-corrected chi connectivity index (χ3v) is 6.26. The second-order valence-electron chi connectivity index (χ2n) is 6.81. The van der Waals surface area contributed by atoms with E-state index < -0.39 is 5.97 Å². The van der Waals surface area contributed by atoms with Gasteiger partial charge in [-0.2, -0.15) is 0 Å². The first-order chi connectivity index (χ1) is 11.1. The van der Waals surface area contributed by atoms with Gasteiger partial charge in [0, 0.05) is 24.4 Å². The Hall–Kier alpha value is -1.36. The van der Waals surface area contributed by atoms with Crippen LogP contribution in [-0.4, -0.2) is 35.0 Å². The molecule has 1 aliphatic carbocycles.